The van der Waals surface area contributed by atoms with Crippen molar-refractivity contribution in [2.24, 2.45) is 0 Å². The molecule has 2 aromatic carbocycles. The van der Waals surface area contributed by atoms with Gasteiger partial charge in [-0.15, -0.1) is 0 Å². The molecular formula is C20H18Cl2N2O3. The lowest BCUT2D eigenvalue weighted by Gasteiger charge is -2.32. The van der Waals surface area contributed by atoms with Crippen LogP contribution in [-0.4, -0.2) is 28.5 Å². The summed E-state index contributed by atoms with van der Waals surface area (Å²) >= 11 is 12.2. The summed E-state index contributed by atoms with van der Waals surface area (Å²) in [6.45, 7) is 3.04. The van der Waals surface area contributed by atoms with E-state index in [0.29, 0.717) is 42.1 Å². The number of nitrogens with zero attached hydrogens (tertiary/aromatic N) is 2. The summed E-state index contributed by atoms with van der Waals surface area (Å²) in [7, 11) is 0. The van der Waals surface area contributed by atoms with E-state index < -0.39 is 0 Å². The number of benzene rings is 2. The minimum atomic E-state index is -0.345. The number of halogens is 2. The number of hydrogen-bond acceptors (Lipinski definition) is 3. The molecule has 140 valence electrons. The summed E-state index contributed by atoms with van der Waals surface area (Å²) < 4.78 is 7.14. The number of para-hydroxylation sites is 1. The Kier molecular flexibility index (Phi) is 4.74. The molecule has 0 unspecified atom stereocenters. The molecule has 1 aromatic heterocycles. The number of aryl methyl sites for hydroxylation is 1. The van der Waals surface area contributed by atoms with Crippen LogP contribution >= 0.6 is 23.2 Å². The number of hydrogen-bond donors (Lipinski definition) is 0. The Balaban J connectivity index is 1.56. The maximum Gasteiger partial charge on any atom is 0.420 e. The Labute approximate surface area is 166 Å². The number of carbonyl (C=O) groups excluding carboxylic acids is 1. The second-order valence-electron chi connectivity index (χ2n) is 6.78. The quantitative estimate of drug-likeness (QED) is 0.622. The second-order valence-corrected chi connectivity index (χ2v) is 7.57. The molecule has 0 atom stereocenters. The van der Waals surface area contributed by atoms with Gasteiger partial charge in [-0.25, -0.2) is 4.79 Å². The van der Waals surface area contributed by atoms with Crippen LogP contribution in [0.2, 0.25) is 10.0 Å². The van der Waals surface area contributed by atoms with Gasteiger partial charge in [-0.05, 0) is 43.5 Å². The largest absolute Gasteiger partial charge is 0.420 e. The van der Waals surface area contributed by atoms with E-state index in [-0.39, 0.29) is 22.7 Å². The first-order chi connectivity index (χ1) is 13.0. The van der Waals surface area contributed by atoms with E-state index in [1.165, 1.54) is 0 Å². The minimum Gasteiger partial charge on any atom is -0.408 e. The third-order valence-corrected chi connectivity index (χ3v) is 5.95. The molecule has 3 aromatic rings. The fourth-order valence-corrected chi connectivity index (χ4v) is 4.14. The highest BCUT2D eigenvalue weighted by atomic mass is 35.5. The number of aromatic nitrogens is 1. The highest BCUT2D eigenvalue weighted by molar-refractivity contribution is 6.43. The number of piperidine rings is 1. The summed E-state index contributed by atoms with van der Waals surface area (Å²) in [6, 6.07) is 10.7. The number of carbonyl (C=O) groups is 1. The predicted molar refractivity (Wildman–Crippen MR) is 106 cm³/mol. The van der Waals surface area contributed by atoms with Gasteiger partial charge in [0.15, 0.2) is 5.58 Å². The second kappa shape index (κ2) is 7.06. The predicted octanol–water partition coefficient (Wildman–Crippen LogP) is 4.69. The lowest BCUT2D eigenvalue weighted by atomic mass is 10.0. The zero-order valence-electron chi connectivity index (χ0n) is 14.7. The van der Waals surface area contributed by atoms with Crippen molar-refractivity contribution in [2.75, 3.05) is 13.1 Å². The molecule has 7 heteroatoms. The van der Waals surface area contributed by atoms with Crippen molar-refractivity contribution in [2.45, 2.75) is 25.8 Å². The van der Waals surface area contributed by atoms with Gasteiger partial charge >= 0.3 is 5.76 Å². The van der Waals surface area contributed by atoms with E-state index in [0.717, 1.165) is 11.1 Å². The molecule has 2 heterocycles. The number of likely N-dealkylation sites (tertiary alicyclic amines) is 1. The highest BCUT2D eigenvalue weighted by Gasteiger charge is 2.28. The summed E-state index contributed by atoms with van der Waals surface area (Å²) in [4.78, 5) is 26.9. The van der Waals surface area contributed by atoms with E-state index in [1.54, 1.807) is 33.7 Å². The average molecular weight is 405 g/mol. The Bertz CT molecular complexity index is 1080. The summed E-state index contributed by atoms with van der Waals surface area (Å²) in [5.74, 6) is -0.483. The maximum atomic E-state index is 12.8. The highest BCUT2D eigenvalue weighted by Crippen LogP contribution is 2.30. The van der Waals surface area contributed by atoms with Gasteiger partial charge in [-0.1, -0.05) is 41.4 Å². The molecule has 1 fully saturated rings. The van der Waals surface area contributed by atoms with Gasteiger partial charge in [-0.3, -0.25) is 9.36 Å². The van der Waals surface area contributed by atoms with Crippen LogP contribution in [0, 0.1) is 6.92 Å². The first-order valence-corrected chi connectivity index (χ1v) is 9.57. The monoisotopic (exact) mass is 404 g/mol. The number of oxazole rings is 1. The van der Waals surface area contributed by atoms with Gasteiger partial charge in [-0.2, -0.15) is 0 Å². The molecule has 1 aliphatic heterocycles. The molecule has 0 spiro atoms. The van der Waals surface area contributed by atoms with Gasteiger partial charge in [0.1, 0.15) is 0 Å². The van der Waals surface area contributed by atoms with Crippen molar-refractivity contribution < 1.29 is 9.21 Å². The van der Waals surface area contributed by atoms with Crippen molar-refractivity contribution in [3.63, 3.8) is 0 Å². The van der Waals surface area contributed by atoms with Crippen LogP contribution in [0.5, 0.6) is 0 Å². The molecule has 4 rings (SSSR count). The fraction of sp³-hybridized carbons (Fsp3) is 0.300. The Morgan fingerprint density at radius 3 is 2.56 bits per heavy atom. The van der Waals surface area contributed by atoms with Crippen molar-refractivity contribution in [1.29, 1.82) is 0 Å². The van der Waals surface area contributed by atoms with Crippen molar-refractivity contribution in [1.82, 2.24) is 9.47 Å². The maximum absolute atomic E-state index is 12.8. The van der Waals surface area contributed by atoms with E-state index in [1.807, 2.05) is 19.1 Å². The Morgan fingerprint density at radius 2 is 1.81 bits per heavy atom. The van der Waals surface area contributed by atoms with E-state index in [4.69, 9.17) is 27.6 Å². The van der Waals surface area contributed by atoms with Crippen molar-refractivity contribution in [3.8, 4) is 0 Å². The zero-order valence-corrected chi connectivity index (χ0v) is 16.3. The molecule has 27 heavy (non-hydrogen) atoms. The lowest BCUT2D eigenvalue weighted by Crippen LogP contribution is -2.40. The molecule has 5 nitrogen and oxygen atoms in total. The lowest BCUT2D eigenvalue weighted by molar-refractivity contribution is 0.0694. The molecule has 1 saturated heterocycles. The normalized spacial score (nSPS) is 15.4. The molecule has 1 aliphatic rings. The summed E-state index contributed by atoms with van der Waals surface area (Å²) in [5, 5.41) is 0.642. The van der Waals surface area contributed by atoms with Crippen LogP contribution in [-0.2, 0) is 0 Å². The molecule has 0 N–H and O–H groups in total. The van der Waals surface area contributed by atoms with E-state index >= 15 is 0 Å². The van der Waals surface area contributed by atoms with E-state index in [2.05, 4.69) is 0 Å². The smallest absolute Gasteiger partial charge is 0.408 e. The first-order valence-electron chi connectivity index (χ1n) is 8.81. The van der Waals surface area contributed by atoms with Gasteiger partial charge in [0.05, 0.1) is 21.1 Å². The SMILES string of the molecule is Cc1cccc2oc(=O)n(C3CCN(C(=O)c4cccc(Cl)c4Cl)CC3)c12. The standard InChI is InChI=1S/C20H18Cl2N2O3/c1-12-4-2-7-16-18(12)24(20(26)27-16)13-8-10-23(11-9-13)19(25)14-5-3-6-15(21)17(14)22/h2-7,13H,8-11H2,1H3. The Morgan fingerprint density at radius 1 is 1.11 bits per heavy atom. The molecule has 0 aliphatic carbocycles. The third-order valence-electron chi connectivity index (χ3n) is 5.13. The molecule has 0 bridgehead atoms. The van der Waals surface area contributed by atoms with E-state index in [9.17, 15) is 9.59 Å². The van der Waals surface area contributed by atoms with Crippen LogP contribution in [0.25, 0.3) is 11.1 Å². The topological polar surface area (TPSA) is 55.5 Å². The molecular weight excluding hydrogens is 387 g/mol. The van der Waals surface area contributed by atoms with Crippen LogP contribution in [0.3, 0.4) is 0 Å². The third kappa shape index (κ3) is 3.15. The molecule has 0 saturated carbocycles. The zero-order chi connectivity index (χ0) is 19.1. The summed E-state index contributed by atoms with van der Waals surface area (Å²) in [5.41, 5.74) is 2.85. The number of rotatable bonds is 2. The van der Waals surface area contributed by atoms with Crippen LogP contribution in [0.4, 0.5) is 0 Å². The number of fused-ring (bicyclic) bond motifs is 1. The van der Waals surface area contributed by atoms with Crippen LogP contribution < -0.4 is 5.76 Å². The summed E-state index contributed by atoms with van der Waals surface area (Å²) in [6.07, 6.45) is 1.35. The van der Waals surface area contributed by atoms with Crippen molar-refractivity contribution in [3.05, 3.63) is 68.1 Å². The minimum absolute atomic E-state index is 0.00117. The average Bonchev–Trinajstić information content (AvgIpc) is 3.01. The molecule has 0 radical (unpaired) electrons. The number of amides is 1. The van der Waals surface area contributed by atoms with Gasteiger partial charge in [0.25, 0.3) is 5.91 Å². The van der Waals surface area contributed by atoms with Gasteiger partial charge < -0.3 is 9.32 Å². The van der Waals surface area contributed by atoms with Gasteiger partial charge in [0.2, 0.25) is 0 Å². The first kappa shape index (κ1) is 18.1. The Hall–Kier alpha value is -2.24. The van der Waals surface area contributed by atoms with Gasteiger partial charge in [0, 0.05) is 19.1 Å². The van der Waals surface area contributed by atoms with Crippen LogP contribution in [0.1, 0.15) is 34.8 Å². The molecule has 1 amide bonds. The fourth-order valence-electron chi connectivity index (χ4n) is 3.76. The van der Waals surface area contributed by atoms with Crippen LogP contribution in [0.15, 0.2) is 45.6 Å². The van der Waals surface area contributed by atoms with Crippen molar-refractivity contribution >= 4 is 40.2 Å².